The van der Waals surface area contributed by atoms with E-state index in [0.29, 0.717) is 25.3 Å². The van der Waals surface area contributed by atoms with Gasteiger partial charge in [-0.25, -0.2) is 0 Å². The van der Waals surface area contributed by atoms with E-state index in [-0.39, 0.29) is 11.3 Å². The van der Waals surface area contributed by atoms with E-state index in [1.165, 1.54) is 0 Å². The largest absolute Gasteiger partial charge is 0.388 e. The number of carbonyl (C=O) groups is 1. The number of amides is 1. The molecular weight excluding hydrogens is 250 g/mol. The summed E-state index contributed by atoms with van der Waals surface area (Å²) in [5.74, 6) is 0.647. The predicted molar refractivity (Wildman–Crippen MR) is 80.2 cm³/mol. The minimum Gasteiger partial charge on any atom is -0.388 e. The first-order valence-electron chi connectivity index (χ1n) is 7.38. The van der Waals surface area contributed by atoms with Crippen LogP contribution in [0.25, 0.3) is 0 Å². The van der Waals surface area contributed by atoms with Crippen LogP contribution in [0.4, 0.5) is 0 Å². The van der Waals surface area contributed by atoms with Gasteiger partial charge in [-0.15, -0.1) is 0 Å². The van der Waals surface area contributed by atoms with Crippen molar-refractivity contribution in [1.29, 1.82) is 0 Å². The predicted octanol–water partition coefficient (Wildman–Crippen LogP) is 3.00. The molecule has 0 spiro atoms. The van der Waals surface area contributed by atoms with Gasteiger partial charge in [-0.2, -0.15) is 0 Å². The first kappa shape index (κ1) is 15.0. The highest BCUT2D eigenvalue weighted by atomic mass is 16.3. The van der Waals surface area contributed by atoms with Crippen molar-refractivity contribution in [3.05, 3.63) is 35.9 Å². The summed E-state index contributed by atoms with van der Waals surface area (Å²) in [5.41, 5.74) is 1.09. The summed E-state index contributed by atoms with van der Waals surface area (Å²) in [5, 5.41) is 10.2. The number of aliphatic hydroxyl groups excluding tert-OH is 1. The number of likely N-dealkylation sites (tertiary alicyclic amines) is 1. The number of hydrogen-bond donors (Lipinski definition) is 1. The highest BCUT2D eigenvalue weighted by Gasteiger charge is 2.36. The van der Waals surface area contributed by atoms with Gasteiger partial charge in [0.15, 0.2) is 0 Å². The van der Waals surface area contributed by atoms with Gasteiger partial charge in [0.2, 0.25) is 5.91 Å². The first-order valence-corrected chi connectivity index (χ1v) is 7.38. The smallest absolute Gasteiger partial charge is 0.222 e. The standard InChI is InChI=1S/C17H25NO2/c1-17(2,3)14-11-16(20)18(12-14)10-9-15(19)13-7-5-4-6-8-13/h4-8,14-15,19H,9-12H2,1-3H3. The van der Waals surface area contributed by atoms with Gasteiger partial charge in [-0.1, -0.05) is 51.1 Å². The van der Waals surface area contributed by atoms with Crippen molar-refractivity contribution in [2.45, 2.75) is 39.7 Å². The third-order valence-corrected chi connectivity index (χ3v) is 4.30. The highest BCUT2D eigenvalue weighted by Crippen LogP contribution is 2.34. The van der Waals surface area contributed by atoms with Crippen LogP contribution in [-0.2, 0) is 4.79 Å². The lowest BCUT2D eigenvalue weighted by molar-refractivity contribution is -0.128. The molecule has 1 aliphatic rings. The minimum absolute atomic E-state index is 0.169. The van der Waals surface area contributed by atoms with E-state index < -0.39 is 6.10 Å². The molecule has 0 aliphatic carbocycles. The molecule has 1 amide bonds. The Labute approximate surface area is 121 Å². The summed E-state index contributed by atoms with van der Waals surface area (Å²) in [7, 11) is 0. The molecule has 20 heavy (non-hydrogen) atoms. The van der Waals surface area contributed by atoms with Crippen LogP contribution >= 0.6 is 0 Å². The summed E-state index contributed by atoms with van der Waals surface area (Å²) in [6.45, 7) is 8.03. The van der Waals surface area contributed by atoms with E-state index in [9.17, 15) is 9.90 Å². The lowest BCUT2D eigenvalue weighted by Gasteiger charge is -2.26. The Balaban J connectivity index is 1.87. The Morgan fingerprint density at radius 3 is 2.50 bits per heavy atom. The fourth-order valence-corrected chi connectivity index (χ4v) is 2.69. The molecule has 2 rings (SSSR count). The zero-order valence-corrected chi connectivity index (χ0v) is 12.7. The van der Waals surface area contributed by atoms with Crippen molar-refractivity contribution in [3.63, 3.8) is 0 Å². The van der Waals surface area contributed by atoms with E-state index in [1.807, 2.05) is 35.2 Å². The van der Waals surface area contributed by atoms with Gasteiger partial charge in [0.25, 0.3) is 0 Å². The number of carbonyl (C=O) groups excluding carboxylic acids is 1. The number of benzene rings is 1. The van der Waals surface area contributed by atoms with Crippen molar-refractivity contribution < 1.29 is 9.90 Å². The van der Waals surface area contributed by atoms with E-state index in [4.69, 9.17) is 0 Å². The van der Waals surface area contributed by atoms with Crippen molar-refractivity contribution in [2.75, 3.05) is 13.1 Å². The van der Waals surface area contributed by atoms with Gasteiger partial charge in [-0.05, 0) is 23.3 Å². The zero-order chi connectivity index (χ0) is 14.8. The molecule has 2 atom stereocenters. The summed E-state index contributed by atoms with van der Waals surface area (Å²) >= 11 is 0. The summed E-state index contributed by atoms with van der Waals surface area (Å²) in [6.07, 6.45) is 0.759. The van der Waals surface area contributed by atoms with Crippen LogP contribution in [0.3, 0.4) is 0 Å². The molecular formula is C17H25NO2. The summed E-state index contributed by atoms with van der Waals surface area (Å²) in [4.78, 5) is 13.9. The van der Waals surface area contributed by atoms with Crippen LogP contribution < -0.4 is 0 Å². The second kappa shape index (κ2) is 5.96. The molecule has 1 fully saturated rings. The molecule has 1 saturated heterocycles. The van der Waals surface area contributed by atoms with Gasteiger partial charge in [0, 0.05) is 19.5 Å². The van der Waals surface area contributed by atoms with Gasteiger partial charge >= 0.3 is 0 Å². The van der Waals surface area contributed by atoms with E-state index in [2.05, 4.69) is 20.8 Å². The fourth-order valence-electron chi connectivity index (χ4n) is 2.69. The number of hydrogen-bond acceptors (Lipinski definition) is 2. The molecule has 0 aromatic heterocycles. The quantitative estimate of drug-likeness (QED) is 0.917. The molecule has 1 heterocycles. The molecule has 0 radical (unpaired) electrons. The highest BCUT2D eigenvalue weighted by molar-refractivity contribution is 5.78. The molecule has 3 heteroatoms. The van der Waals surface area contributed by atoms with Crippen LogP contribution in [0, 0.1) is 11.3 Å². The Kier molecular flexibility index (Phi) is 4.48. The van der Waals surface area contributed by atoms with Crippen molar-refractivity contribution >= 4 is 5.91 Å². The van der Waals surface area contributed by atoms with Crippen LogP contribution in [0.2, 0.25) is 0 Å². The topological polar surface area (TPSA) is 40.5 Å². The summed E-state index contributed by atoms with van der Waals surface area (Å²) < 4.78 is 0. The molecule has 0 saturated carbocycles. The number of aliphatic hydroxyl groups is 1. The van der Waals surface area contributed by atoms with Gasteiger partial charge in [0.1, 0.15) is 0 Å². The Bertz CT molecular complexity index is 450. The number of rotatable bonds is 4. The lowest BCUT2D eigenvalue weighted by atomic mass is 9.80. The molecule has 1 aromatic rings. The average Bonchev–Trinajstić information content (AvgIpc) is 2.78. The third kappa shape index (κ3) is 3.60. The van der Waals surface area contributed by atoms with E-state index >= 15 is 0 Å². The van der Waals surface area contributed by atoms with Crippen LogP contribution in [-0.4, -0.2) is 29.0 Å². The number of nitrogens with zero attached hydrogens (tertiary/aromatic N) is 1. The Morgan fingerprint density at radius 1 is 1.30 bits per heavy atom. The molecule has 1 N–H and O–H groups in total. The molecule has 2 unspecified atom stereocenters. The lowest BCUT2D eigenvalue weighted by Crippen LogP contribution is -2.29. The van der Waals surface area contributed by atoms with Crippen LogP contribution in [0.1, 0.15) is 45.3 Å². The average molecular weight is 275 g/mol. The molecule has 3 nitrogen and oxygen atoms in total. The fraction of sp³-hybridized carbons (Fsp3) is 0.588. The molecule has 1 aromatic carbocycles. The van der Waals surface area contributed by atoms with Crippen molar-refractivity contribution in [3.8, 4) is 0 Å². The Morgan fingerprint density at radius 2 is 1.95 bits per heavy atom. The maximum Gasteiger partial charge on any atom is 0.222 e. The van der Waals surface area contributed by atoms with E-state index in [0.717, 1.165) is 12.1 Å². The first-order chi connectivity index (χ1) is 9.38. The minimum atomic E-state index is -0.488. The van der Waals surface area contributed by atoms with Crippen LogP contribution in [0.5, 0.6) is 0 Å². The molecule has 0 bridgehead atoms. The van der Waals surface area contributed by atoms with Gasteiger partial charge in [0.05, 0.1) is 6.10 Å². The van der Waals surface area contributed by atoms with Gasteiger partial charge in [-0.3, -0.25) is 4.79 Å². The monoisotopic (exact) mass is 275 g/mol. The van der Waals surface area contributed by atoms with Gasteiger partial charge < -0.3 is 10.0 Å². The molecule has 110 valence electrons. The second-order valence-corrected chi connectivity index (χ2v) is 6.82. The van der Waals surface area contributed by atoms with E-state index in [1.54, 1.807) is 0 Å². The zero-order valence-electron chi connectivity index (χ0n) is 12.7. The SMILES string of the molecule is CC(C)(C)C1CC(=O)N(CCC(O)c2ccccc2)C1. The van der Waals surface area contributed by atoms with Crippen LogP contribution in [0.15, 0.2) is 30.3 Å². The maximum absolute atomic E-state index is 12.0. The normalized spacial score (nSPS) is 21.3. The molecule has 1 aliphatic heterocycles. The maximum atomic E-state index is 12.0. The Hall–Kier alpha value is -1.35. The van der Waals surface area contributed by atoms with Crippen molar-refractivity contribution in [1.82, 2.24) is 4.90 Å². The van der Waals surface area contributed by atoms with Crippen molar-refractivity contribution in [2.24, 2.45) is 11.3 Å². The summed E-state index contributed by atoms with van der Waals surface area (Å²) in [6, 6.07) is 9.64. The third-order valence-electron chi connectivity index (χ3n) is 4.30. The second-order valence-electron chi connectivity index (χ2n) is 6.82.